The molecule has 0 fully saturated rings. The van der Waals surface area contributed by atoms with Crippen LogP contribution in [0.5, 0.6) is 11.5 Å². The summed E-state index contributed by atoms with van der Waals surface area (Å²) in [6.45, 7) is 5.17. The molecule has 0 radical (unpaired) electrons. The van der Waals surface area contributed by atoms with Crippen molar-refractivity contribution in [3.05, 3.63) is 42.0 Å². The number of anilines is 1. The molecule has 0 aliphatic heterocycles. The molecule has 1 heterocycles. The van der Waals surface area contributed by atoms with Gasteiger partial charge < -0.3 is 19.4 Å². The number of ether oxygens (including phenoxy) is 2. The summed E-state index contributed by atoms with van der Waals surface area (Å²) in [4.78, 5) is 10.3. The first-order valence-electron chi connectivity index (χ1n) is 8.80. The predicted molar refractivity (Wildman–Crippen MR) is 109 cm³/mol. The van der Waals surface area contributed by atoms with Gasteiger partial charge in [0, 0.05) is 25.5 Å². The van der Waals surface area contributed by atoms with Gasteiger partial charge in [-0.1, -0.05) is 30.0 Å². The molecule has 26 heavy (non-hydrogen) atoms. The Balaban J connectivity index is 1.89. The maximum absolute atomic E-state index is 5.74. The van der Waals surface area contributed by atoms with Gasteiger partial charge in [-0.3, -0.25) is 0 Å². The van der Waals surface area contributed by atoms with Crippen LogP contribution in [0.3, 0.4) is 0 Å². The molecule has 0 aliphatic rings. The fourth-order valence-corrected chi connectivity index (χ4v) is 3.72. The smallest absolute Gasteiger partial charge is 0.166 e. The van der Waals surface area contributed by atoms with Gasteiger partial charge in [0.05, 0.1) is 13.2 Å². The molecule has 0 atom stereocenters. The van der Waals surface area contributed by atoms with Crippen molar-refractivity contribution in [1.82, 2.24) is 9.97 Å². The minimum atomic E-state index is 0.606. The summed E-state index contributed by atoms with van der Waals surface area (Å²) in [6.07, 6.45) is 0. The summed E-state index contributed by atoms with van der Waals surface area (Å²) in [7, 11) is 4.13. The van der Waals surface area contributed by atoms with Gasteiger partial charge in [-0.15, -0.1) is 0 Å². The summed E-state index contributed by atoms with van der Waals surface area (Å²) in [5.41, 5.74) is 4.21. The van der Waals surface area contributed by atoms with Gasteiger partial charge in [0.2, 0.25) is 0 Å². The molecule has 3 rings (SSSR count). The number of fused-ring (bicyclic) bond motifs is 1. The predicted octanol–water partition coefficient (Wildman–Crippen LogP) is 4.72. The van der Waals surface area contributed by atoms with E-state index in [0.717, 1.165) is 33.4 Å². The van der Waals surface area contributed by atoms with E-state index in [1.807, 2.05) is 26.0 Å². The molecule has 1 aromatic heterocycles. The molecule has 0 saturated carbocycles. The van der Waals surface area contributed by atoms with Crippen molar-refractivity contribution < 1.29 is 9.47 Å². The third-order valence-corrected chi connectivity index (χ3v) is 4.91. The molecule has 1 N–H and O–H groups in total. The monoisotopic (exact) mass is 371 g/mol. The summed E-state index contributed by atoms with van der Waals surface area (Å²) in [5, 5.41) is 0.863. The Hall–Kier alpha value is -2.34. The van der Waals surface area contributed by atoms with Crippen molar-refractivity contribution >= 4 is 28.5 Å². The van der Waals surface area contributed by atoms with E-state index in [4.69, 9.17) is 14.5 Å². The molecular weight excluding hydrogens is 346 g/mol. The van der Waals surface area contributed by atoms with E-state index in [0.29, 0.717) is 13.2 Å². The van der Waals surface area contributed by atoms with Gasteiger partial charge in [-0.25, -0.2) is 4.98 Å². The van der Waals surface area contributed by atoms with E-state index < -0.39 is 0 Å². The highest BCUT2D eigenvalue weighted by molar-refractivity contribution is 7.98. The zero-order valence-electron chi connectivity index (χ0n) is 15.7. The van der Waals surface area contributed by atoms with E-state index in [2.05, 4.69) is 48.2 Å². The number of nitrogens with one attached hydrogen (secondary N) is 1. The number of imidazole rings is 1. The van der Waals surface area contributed by atoms with Crippen LogP contribution in [0.4, 0.5) is 5.69 Å². The summed E-state index contributed by atoms with van der Waals surface area (Å²) in [5.74, 6) is 2.42. The molecule has 0 amide bonds. The molecule has 2 aromatic carbocycles. The van der Waals surface area contributed by atoms with Gasteiger partial charge in [-0.2, -0.15) is 0 Å². The highest BCUT2D eigenvalue weighted by atomic mass is 32.2. The van der Waals surface area contributed by atoms with Crippen LogP contribution in [0.25, 0.3) is 11.0 Å². The summed E-state index contributed by atoms with van der Waals surface area (Å²) in [6, 6.07) is 12.3. The first-order chi connectivity index (χ1) is 12.6. The quantitative estimate of drug-likeness (QED) is 0.581. The first-order valence-corrected chi connectivity index (χ1v) is 9.79. The molecule has 0 saturated heterocycles. The first kappa shape index (κ1) is 18.5. The normalized spacial score (nSPS) is 10.9. The number of nitrogens with zero attached hydrogens (tertiary/aromatic N) is 2. The van der Waals surface area contributed by atoms with E-state index >= 15 is 0 Å². The van der Waals surface area contributed by atoms with Gasteiger partial charge >= 0.3 is 0 Å². The lowest BCUT2D eigenvalue weighted by Crippen LogP contribution is -2.10. The van der Waals surface area contributed by atoms with Gasteiger partial charge in [0.1, 0.15) is 22.5 Å². The number of aromatic amines is 1. The molecule has 3 aromatic rings. The fourth-order valence-electron chi connectivity index (χ4n) is 2.85. The second-order valence-electron chi connectivity index (χ2n) is 6.01. The Kier molecular flexibility index (Phi) is 5.93. The average Bonchev–Trinajstić information content (AvgIpc) is 3.07. The Bertz CT molecular complexity index is 834. The van der Waals surface area contributed by atoms with E-state index in [1.54, 1.807) is 11.8 Å². The van der Waals surface area contributed by atoms with Crippen molar-refractivity contribution in [3.8, 4) is 11.5 Å². The molecule has 0 bridgehead atoms. The number of hydrogen-bond donors (Lipinski definition) is 1. The lowest BCUT2D eigenvalue weighted by molar-refractivity contribution is 0.336. The van der Waals surface area contributed by atoms with E-state index in [-0.39, 0.29) is 0 Å². The van der Waals surface area contributed by atoms with Crippen LogP contribution in [0.1, 0.15) is 19.4 Å². The Morgan fingerprint density at radius 2 is 1.69 bits per heavy atom. The largest absolute Gasteiger partial charge is 0.492 e. The van der Waals surface area contributed by atoms with Crippen LogP contribution >= 0.6 is 11.8 Å². The van der Waals surface area contributed by atoms with Crippen molar-refractivity contribution in [1.29, 1.82) is 0 Å². The van der Waals surface area contributed by atoms with E-state index in [9.17, 15) is 0 Å². The third-order valence-electron chi connectivity index (χ3n) is 3.99. The topological polar surface area (TPSA) is 50.4 Å². The molecule has 5 nitrogen and oxygen atoms in total. The molecule has 0 aliphatic carbocycles. The van der Waals surface area contributed by atoms with Crippen molar-refractivity contribution in [2.75, 3.05) is 32.2 Å². The number of H-pyrrole nitrogens is 1. The van der Waals surface area contributed by atoms with Gasteiger partial charge in [0.25, 0.3) is 0 Å². The average molecular weight is 372 g/mol. The maximum Gasteiger partial charge on any atom is 0.166 e. The lowest BCUT2D eigenvalue weighted by atomic mass is 10.2. The van der Waals surface area contributed by atoms with Crippen LogP contribution in [0.2, 0.25) is 0 Å². The number of rotatable bonds is 8. The number of para-hydroxylation sites is 1. The summed E-state index contributed by atoms with van der Waals surface area (Å²) >= 11 is 1.68. The standard InChI is InChI=1S/C20H25N3O2S/c1-5-24-16-11-12-17(25-6-2)19-18(16)21-20(22-19)26-13-14-9-7-8-10-15(14)23(3)4/h7-12H,5-6,13H2,1-4H3,(H,21,22). The highest BCUT2D eigenvalue weighted by Gasteiger charge is 2.14. The van der Waals surface area contributed by atoms with Crippen LogP contribution in [0, 0.1) is 0 Å². The molecular formula is C20H25N3O2S. The van der Waals surface area contributed by atoms with Gasteiger partial charge in [0.15, 0.2) is 5.16 Å². The van der Waals surface area contributed by atoms with Gasteiger partial charge in [-0.05, 0) is 37.6 Å². The number of thioether (sulfide) groups is 1. The van der Waals surface area contributed by atoms with Crippen molar-refractivity contribution in [2.24, 2.45) is 0 Å². The fraction of sp³-hybridized carbons (Fsp3) is 0.350. The number of aromatic nitrogens is 2. The minimum Gasteiger partial charge on any atom is -0.492 e. The molecule has 0 spiro atoms. The maximum atomic E-state index is 5.74. The third kappa shape index (κ3) is 3.90. The second-order valence-corrected chi connectivity index (χ2v) is 6.97. The molecule has 138 valence electrons. The minimum absolute atomic E-state index is 0.606. The van der Waals surface area contributed by atoms with Crippen LogP contribution in [-0.4, -0.2) is 37.3 Å². The number of hydrogen-bond acceptors (Lipinski definition) is 5. The zero-order valence-corrected chi connectivity index (χ0v) is 16.5. The Labute approximate surface area is 158 Å². The zero-order chi connectivity index (χ0) is 18.5. The lowest BCUT2D eigenvalue weighted by Gasteiger charge is -2.16. The van der Waals surface area contributed by atoms with Crippen LogP contribution < -0.4 is 14.4 Å². The van der Waals surface area contributed by atoms with Crippen molar-refractivity contribution in [3.63, 3.8) is 0 Å². The number of benzene rings is 2. The van der Waals surface area contributed by atoms with Crippen molar-refractivity contribution in [2.45, 2.75) is 24.8 Å². The summed E-state index contributed by atoms with van der Waals surface area (Å²) < 4.78 is 11.5. The SMILES string of the molecule is CCOc1ccc(OCC)c2[nH]c(SCc3ccccc3N(C)C)nc12. The molecule has 0 unspecified atom stereocenters. The second kappa shape index (κ2) is 8.36. The van der Waals surface area contributed by atoms with Crippen LogP contribution in [-0.2, 0) is 5.75 Å². The van der Waals surface area contributed by atoms with E-state index in [1.165, 1.54) is 11.3 Å². The van der Waals surface area contributed by atoms with Crippen LogP contribution in [0.15, 0.2) is 41.6 Å². The highest BCUT2D eigenvalue weighted by Crippen LogP contribution is 2.35. The Morgan fingerprint density at radius 3 is 2.42 bits per heavy atom. The molecule has 6 heteroatoms. The Morgan fingerprint density at radius 1 is 1.00 bits per heavy atom.